The van der Waals surface area contributed by atoms with Gasteiger partial charge in [-0.25, -0.2) is 0 Å². The molecule has 0 atom stereocenters. The number of hydrogen-bond donors (Lipinski definition) is 1. The molecule has 1 fully saturated rings. The summed E-state index contributed by atoms with van der Waals surface area (Å²) in [6, 6.07) is 7.62. The molecule has 0 bridgehead atoms. The van der Waals surface area contributed by atoms with Crippen LogP contribution in [0.1, 0.15) is 5.56 Å². The number of piperazine rings is 1. The van der Waals surface area contributed by atoms with Crippen LogP contribution in [0.4, 0.5) is 0 Å². The molecule has 1 aliphatic rings. The van der Waals surface area contributed by atoms with Crippen molar-refractivity contribution in [2.24, 2.45) is 0 Å². The number of benzene rings is 1. The minimum atomic E-state index is 0.00497. The second kappa shape index (κ2) is 7.64. The van der Waals surface area contributed by atoms with Gasteiger partial charge in [0.1, 0.15) is 5.75 Å². The van der Waals surface area contributed by atoms with E-state index in [1.807, 2.05) is 24.3 Å². The van der Waals surface area contributed by atoms with Gasteiger partial charge in [0.15, 0.2) is 0 Å². The van der Waals surface area contributed by atoms with E-state index in [0.29, 0.717) is 26.2 Å². The lowest BCUT2D eigenvalue weighted by Crippen LogP contribution is -2.48. The van der Waals surface area contributed by atoms with Crippen LogP contribution in [-0.2, 0) is 16.1 Å². The predicted octanol–water partition coefficient (Wildman–Crippen LogP) is 0.0854. The average Bonchev–Trinajstić information content (AvgIpc) is 2.54. The Morgan fingerprint density at radius 2 is 1.90 bits per heavy atom. The molecule has 0 spiro atoms. The summed E-state index contributed by atoms with van der Waals surface area (Å²) < 4.78 is 5.09. The summed E-state index contributed by atoms with van der Waals surface area (Å²) in [5.74, 6) is 0.809. The minimum Gasteiger partial charge on any atom is -0.497 e. The molecule has 1 aliphatic heterocycles. The fraction of sp³-hybridized carbons (Fsp3) is 0.467. The second-order valence-corrected chi connectivity index (χ2v) is 5.04. The molecule has 0 aliphatic carbocycles. The van der Waals surface area contributed by atoms with Crippen LogP contribution in [0.5, 0.6) is 5.75 Å². The Labute approximate surface area is 124 Å². The van der Waals surface area contributed by atoms with Crippen molar-refractivity contribution in [3.63, 3.8) is 0 Å². The lowest BCUT2D eigenvalue weighted by Gasteiger charge is -2.31. The summed E-state index contributed by atoms with van der Waals surface area (Å²) in [7, 11) is 1.63. The molecule has 0 aromatic heterocycles. The van der Waals surface area contributed by atoms with Crippen LogP contribution in [0.15, 0.2) is 24.3 Å². The summed E-state index contributed by atoms with van der Waals surface area (Å²) in [6.45, 7) is 3.76. The molecule has 1 aromatic carbocycles. The largest absolute Gasteiger partial charge is 0.497 e. The zero-order chi connectivity index (χ0) is 15.1. The monoisotopic (exact) mass is 291 g/mol. The maximum absolute atomic E-state index is 11.9. The smallest absolute Gasteiger partial charge is 0.234 e. The minimum absolute atomic E-state index is 0.00497. The van der Waals surface area contributed by atoms with Gasteiger partial charge in [0.05, 0.1) is 13.7 Å². The molecule has 21 heavy (non-hydrogen) atoms. The molecule has 1 saturated heterocycles. The first-order valence-corrected chi connectivity index (χ1v) is 7.02. The van der Waals surface area contributed by atoms with E-state index >= 15 is 0 Å². The molecule has 6 nitrogen and oxygen atoms in total. The average molecular weight is 291 g/mol. The number of carbonyl (C=O) groups excluding carboxylic acids is 2. The summed E-state index contributed by atoms with van der Waals surface area (Å²) in [5.41, 5.74) is 1.04. The first-order chi connectivity index (χ1) is 10.2. The first-order valence-electron chi connectivity index (χ1n) is 7.02. The Bertz CT molecular complexity index is 468. The first kappa shape index (κ1) is 15.3. The van der Waals surface area contributed by atoms with Gasteiger partial charge in [-0.05, 0) is 17.7 Å². The maximum Gasteiger partial charge on any atom is 0.234 e. The third-order valence-corrected chi connectivity index (χ3v) is 3.57. The highest BCUT2D eigenvalue weighted by Crippen LogP contribution is 2.10. The van der Waals surface area contributed by atoms with E-state index < -0.39 is 0 Å². The highest BCUT2D eigenvalue weighted by atomic mass is 16.5. The second-order valence-electron chi connectivity index (χ2n) is 5.04. The van der Waals surface area contributed by atoms with Gasteiger partial charge in [0.2, 0.25) is 12.3 Å². The fourth-order valence-electron chi connectivity index (χ4n) is 2.23. The standard InChI is InChI=1S/C15H21N3O3/c1-21-14-4-2-13(3-5-14)10-16-15(20)11-17-6-8-18(12-19)9-7-17/h2-5,12H,6-11H2,1H3,(H,16,20). The van der Waals surface area contributed by atoms with Gasteiger partial charge in [-0.2, -0.15) is 0 Å². The Kier molecular flexibility index (Phi) is 5.57. The van der Waals surface area contributed by atoms with Crippen molar-refractivity contribution in [3.8, 4) is 5.75 Å². The topological polar surface area (TPSA) is 61.9 Å². The highest BCUT2D eigenvalue weighted by Gasteiger charge is 2.17. The maximum atomic E-state index is 11.9. The van der Waals surface area contributed by atoms with Gasteiger partial charge < -0.3 is 15.0 Å². The van der Waals surface area contributed by atoms with Crippen LogP contribution < -0.4 is 10.1 Å². The molecule has 1 N–H and O–H groups in total. The molecule has 0 saturated carbocycles. The third kappa shape index (κ3) is 4.75. The molecule has 0 radical (unpaired) electrons. The van der Waals surface area contributed by atoms with E-state index in [-0.39, 0.29) is 5.91 Å². The third-order valence-electron chi connectivity index (χ3n) is 3.57. The van der Waals surface area contributed by atoms with Crippen LogP contribution in [0.2, 0.25) is 0 Å². The molecule has 2 rings (SSSR count). The number of methoxy groups -OCH3 is 1. The normalized spacial score (nSPS) is 15.6. The highest BCUT2D eigenvalue weighted by molar-refractivity contribution is 5.78. The molecule has 1 heterocycles. The number of carbonyl (C=O) groups is 2. The lowest BCUT2D eigenvalue weighted by molar-refractivity contribution is -0.123. The van der Waals surface area contributed by atoms with Crippen LogP contribution in [0.25, 0.3) is 0 Å². The van der Waals surface area contributed by atoms with Crippen molar-refractivity contribution in [1.29, 1.82) is 0 Å². The van der Waals surface area contributed by atoms with Crippen molar-refractivity contribution in [2.75, 3.05) is 39.8 Å². The molecular formula is C15H21N3O3. The summed E-state index contributed by atoms with van der Waals surface area (Å²) >= 11 is 0. The van der Waals surface area contributed by atoms with Gasteiger partial charge in [0.25, 0.3) is 0 Å². The van der Waals surface area contributed by atoms with E-state index in [2.05, 4.69) is 10.2 Å². The van der Waals surface area contributed by atoms with E-state index in [4.69, 9.17) is 4.74 Å². The van der Waals surface area contributed by atoms with E-state index in [0.717, 1.165) is 30.8 Å². The molecule has 1 aromatic rings. The Morgan fingerprint density at radius 1 is 1.24 bits per heavy atom. The van der Waals surface area contributed by atoms with Crippen LogP contribution >= 0.6 is 0 Å². The van der Waals surface area contributed by atoms with Crippen molar-refractivity contribution in [1.82, 2.24) is 15.1 Å². The van der Waals surface area contributed by atoms with E-state index in [9.17, 15) is 9.59 Å². The van der Waals surface area contributed by atoms with E-state index in [1.54, 1.807) is 12.0 Å². The zero-order valence-corrected chi connectivity index (χ0v) is 12.2. The summed E-state index contributed by atoms with van der Waals surface area (Å²) in [5, 5.41) is 2.90. The number of nitrogens with one attached hydrogen (secondary N) is 1. The van der Waals surface area contributed by atoms with Gasteiger partial charge >= 0.3 is 0 Å². The number of amides is 2. The summed E-state index contributed by atoms with van der Waals surface area (Å²) in [6.07, 6.45) is 0.862. The summed E-state index contributed by atoms with van der Waals surface area (Å²) in [4.78, 5) is 26.3. The Hall–Kier alpha value is -2.08. The number of rotatable bonds is 6. The van der Waals surface area contributed by atoms with Gasteiger partial charge in [-0.1, -0.05) is 12.1 Å². The van der Waals surface area contributed by atoms with Crippen molar-refractivity contribution < 1.29 is 14.3 Å². The van der Waals surface area contributed by atoms with Gasteiger partial charge in [-0.3, -0.25) is 14.5 Å². The fourth-order valence-corrected chi connectivity index (χ4v) is 2.23. The lowest BCUT2D eigenvalue weighted by atomic mass is 10.2. The molecular weight excluding hydrogens is 270 g/mol. The Balaban J connectivity index is 1.70. The number of nitrogens with zero attached hydrogens (tertiary/aromatic N) is 2. The van der Waals surface area contributed by atoms with E-state index in [1.165, 1.54) is 0 Å². The van der Waals surface area contributed by atoms with Crippen molar-refractivity contribution >= 4 is 12.3 Å². The quantitative estimate of drug-likeness (QED) is 0.754. The molecule has 0 unspecified atom stereocenters. The van der Waals surface area contributed by atoms with Crippen LogP contribution in [-0.4, -0.2) is 62.0 Å². The Morgan fingerprint density at radius 3 is 2.48 bits per heavy atom. The zero-order valence-electron chi connectivity index (χ0n) is 12.2. The molecule has 2 amide bonds. The number of hydrogen-bond acceptors (Lipinski definition) is 4. The van der Waals surface area contributed by atoms with Crippen LogP contribution in [0, 0.1) is 0 Å². The van der Waals surface area contributed by atoms with Gasteiger partial charge in [0, 0.05) is 32.7 Å². The molecule has 6 heteroatoms. The van der Waals surface area contributed by atoms with Gasteiger partial charge in [-0.15, -0.1) is 0 Å². The van der Waals surface area contributed by atoms with Crippen molar-refractivity contribution in [3.05, 3.63) is 29.8 Å². The SMILES string of the molecule is COc1ccc(CNC(=O)CN2CCN(C=O)CC2)cc1. The van der Waals surface area contributed by atoms with Crippen molar-refractivity contribution in [2.45, 2.75) is 6.54 Å². The number of ether oxygens (including phenoxy) is 1. The van der Waals surface area contributed by atoms with Crippen LogP contribution in [0.3, 0.4) is 0 Å². The molecule has 114 valence electrons. The predicted molar refractivity (Wildman–Crippen MR) is 78.9 cm³/mol.